The van der Waals surface area contributed by atoms with Gasteiger partial charge in [-0.05, 0) is 38.2 Å². The zero-order chi connectivity index (χ0) is 14.3. The van der Waals surface area contributed by atoms with Crippen LogP contribution in [0.4, 0.5) is 0 Å². The van der Waals surface area contributed by atoms with Crippen LogP contribution in [0.2, 0.25) is 0 Å². The van der Waals surface area contributed by atoms with Crippen LogP contribution in [-0.4, -0.2) is 43.7 Å². The topological polar surface area (TPSA) is 37.4 Å². The van der Waals surface area contributed by atoms with Crippen LogP contribution < -0.4 is 10.1 Å². The summed E-state index contributed by atoms with van der Waals surface area (Å²) < 4.78 is 5.75. The van der Waals surface area contributed by atoms with Gasteiger partial charge in [0.15, 0.2) is 0 Å². The van der Waals surface area contributed by atoms with E-state index in [1.165, 1.54) is 5.56 Å². The molecule has 0 saturated carbocycles. The molecule has 0 aliphatic rings. The molecule has 0 radical (unpaired) electrons. The lowest BCUT2D eigenvalue weighted by atomic mass is 10.1. The minimum absolute atomic E-state index is 0.415. The third-order valence-electron chi connectivity index (χ3n) is 2.84. The summed E-state index contributed by atoms with van der Waals surface area (Å²) in [5.41, 5.74) is 2.33. The zero-order valence-corrected chi connectivity index (χ0v) is 12.9. The lowest BCUT2D eigenvalue weighted by Crippen LogP contribution is -2.20. The second-order valence-electron chi connectivity index (χ2n) is 5.33. The average Bonchev–Trinajstić information content (AvgIpc) is 2.35. The molecule has 4 nitrogen and oxygen atoms in total. The van der Waals surface area contributed by atoms with E-state index in [0.29, 0.717) is 12.5 Å². The molecule has 1 aromatic heterocycles. The van der Waals surface area contributed by atoms with Crippen molar-refractivity contribution in [3.63, 3.8) is 0 Å². The van der Waals surface area contributed by atoms with Crippen molar-refractivity contribution in [2.24, 2.45) is 0 Å². The highest BCUT2D eigenvalue weighted by Gasteiger charge is 2.07. The van der Waals surface area contributed by atoms with Gasteiger partial charge in [-0.2, -0.15) is 0 Å². The van der Waals surface area contributed by atoms with Crippen molar-refractivity contribution in [3.05, 3.63) is 23.4 Å². The van der Waals surface area contributed by atoms with E-state index in [1.807, 2.05) is 20.2 Å². The van der Waals surface area contributed by atoms with Gasteiger partial charge in [0.05, 0.1) is 0 Å². The second-order valence-corrected chi connectivity index (χ2v) is 5.33. The number of pyridine rings is 1. The number of hydrogen-bond acceptors (Lipinski definition) is 4. The molecule has 19 heavy (non-hydrogen) atoms. The molecule has 1 aromatic rings. The van der Waals surface area contributed by atoms with Crippen LogP contribution in [0.1, 0.15) is 37.9 Å². The van der Waals surface area contributed by atoms with Crippen LogP contribution in [0.15, 0.2) is 12.1 Å². The van der Waals surface area contributed by atoms with E-state index in [2.05, 4.69) is 42.0 Å². The van der Waals surface area contributed by atoms with Crippen molar-refractivity contribution in [1.82, 2.24) is 15.2 Å². The largest absolute Gasteiger partial charge is 0.476 e. The monoisotopic (exact) mass is 265 g/mol. The first-order valence-electron chi connectivity index (χ1n) is 7.02. The van der Waals surface area contributed by atoms with Gasteiger partial charge >= 0.3 is 0 Å². The van der Waals surface area contributed by atoms with Crippen LogP contribution in [0.25, 0.3) is 0 Å². The summed E-state index contributed by atoms with van der Waals surface area (Å²) >= 11 is 0. The second kappa shape index (κ2) is 8.12. The molecule has 0 amide bonds. The molecule has 0 bridgehead atoms. The van der Waals surface area contributed by atoms with Crippen LogP contribution >= 0.6 is 0 Å². The zero-order valence-electron chi connectivity index (χ0n) is 12.9. The number of ether oxygens (including phenoxy) is 1. The molecule has 0 fully saturated rings. The van der Waals surface area contributed by atoms with Gasteiger partial charge in [0.2, 0.25) is 5.88 Å². The van der Waals surface area contributed by atoms with Gasteiger partial charge in [-0.25, -0.2) is 4.98 Å². The van der Waals surface area contributed by atoms with E-state index in [9.17, 15) is 0 Å². The van der Waals surface area contributed by atoms with Crippen LogP contribution in [0.5, 0.6) is 5.88 Å². The minimum Gasteiger partial charge on any atom is -0.476 e. The maximum absolute atomic E-state index is 5.75. The molecule has 0 unspecified atom stereocenters. The molecule has 0 aliphatic carbocycles. The Kier molecular flexibility index (Phi) is 6.81. The van der Waals surface area contributed by atoms with Gasteiger partial charge in [0, 0.05) is 24.8 Å². The summed E-state index contributed by atoms with van der Waals surface area (Å²) in [5.74, 6) is 1.15. The molecule has 4 heteroatoms. The number of rotatable bonds is 8. The average molecular weight is 265 g/mol. The summed E-state index contributed by atoms with van der Waals surface area (Å²) in [6.45, 7) is 9.82. The highest BCUT2D eigenvalue weighted by molar-refractivity contribution is 5.26. The molecule has 1 heterocycles. The van der Waals surface area contributed by atoms with Crippen molar-refractivity contribution in [1.29, 1.82) is 0 Å². The predicted octanol–water partition coefficient (Wildman–Crippen LogP) is 2.25. The predicted molar refractivity (Wildman–Crippen MR) is 79.8 cm³/mol. The van der Waals surface area contributed by atoms with Gasteiger partial charge in [-0.15, -0.1) is 0 Å². The molecule has 0 saturated heterocycles. The van der Waals surface area contributed by atoms with Gasteiger partial charge in [0.25, 0.3) is 0 Å². The summed E-state index contributed by atoms with van der Waals surface area (Å²) in [5, 5.41) is 3.34. The van der Waals surface area contributed by atoms with Crippen LogP contribution in [-0.2, 0) is 6.54 Å². The Bertz CT molecular complexity index is 378. The third-order valence-corrected chi connectivity index (χ3v) is 2.84. The van der Waals surface area contributed by atoms with Gasteiger partial charge < -0.3 is 15.0 Å². The molecule has 0 aliphatic heterocycles. The first kappa shape index (κ1) is 15.9. The van der Waals surface area contributed by atoms with Gasteiger partial charge in [-0.1, -0.05) is 20.8 Å². The molecule has 0 aromatic carbocycles. The van der Waals surface area contributed by atoms with Gasteiger partial charge in [-0.3, -0.25) is 0 Å². The Balaban J connectivity index is 2.74. The number of hydrogen-bond donors (Lipinski definition) is 1. The number of nitrogens with one attached hydrogen (secondary N) is 1. The lowest BCUT2D eigenvalue weighted by Gasteiger charge is -2.14. The van der Waals surface area contributed by atoms with Crippen molar-refractivity contribution in [2.75, 3.05) is 33.8 Å². The van der Waals surface area contributed by atoms with Crippen molar-refractivity contribution in [3.8, 4) is 5.88 Å². The Morgan fingerprint density at radius 1 is 1.32 bits per heavy atom. The van der Waals surface area contributed by atoms with E-state index < -0.39 is 0 Å². The summed E-state index contributed by atoms with van der Waals surface area (Å²) in [6, 6.07) is 4.19. The fourth-order valence-electron chi connectivity index (χ4n) is 1.66. The van der Waals surface area contributed by atoms with Crippen molar-refractivity contribution < 1.29 is 4.74 Å². The first-order valence-corrected chi connectivity index (χ1v) is 7.02. The molecule has 0 atom stereocenters. The summed E-state index contributed by atoms with van der Waals surface area (Å²) in [7, 11) is 4.08. The lowest BCUT2D eigenvalue weighted by molar-refractivity contribution is 0.253. The molecular formula is C15H27N3O. The normalized spacial score (nSPS) is 11.3. The van der Waals surface area contributed by atoms with Gasteiger partial charge in [0.1, 0.15) is 6.61 Å². The highest BCUT2D eigenvalue weighted by Crippen LogP contribution is 2.19. The third kappa shape index (κ3) is 6.03. The smallest absolute Gasteiger partial charge is 0.213 e. The summed E-state index contributed by atoms with van der Waals surface area (Å²) in [6.07, 6.45) is 0. The highest BCUT2D eigenvalue weighted by atomic mass is 16.5. The molecule has 1 rings (SSSR count). The quantitative estimate of drug-likeness (QED) is 0.782. The maximum atomic E-state index is 5.75. The number of nitrogens with zero attached hydrogens (tertiary/aromatic N) is 2. The Labute approximate surface area is 117 Å². The molecule has 108 valence electrons. The van der Waals surface area contributed by atoms with E-state index in [1.54, 1.807) is 0 Å². The maximum Gasteiger partial charge on any atom is 0.213 e. The van der Waals surface area contributed by atoms with E-state index in [0.717, 1.165) is 31.2 Å². The van der Waals surface area contributed by atoms with Crippen molar-refractivity contribution in [2.45, 2.75) is 33.2 Å². The SMILES string of the molecule is CCNCc1cc(OCCN(C)C)nc(C(C)C)c1. The van der Waals surface area contributed by atoms with Crippen LogP contribution in [0.3, 0.4) is 0 Å². The standard InChI is InChI=1S/C15H27N3O/c1-6-16-11-13-9-14(12(2)3)17-15(10-13)19-8-7-18(4)5/h9-10,12,16H,6-8,11H2,1-5H3. The molecular weight excluding hydrogens is 238 g/mol. The Hall–Kier alpha value is -1.13. The summed E-state index contributed by atoms with van der Waals surface area (Å²) in [4.78, 5) is 6.67. The van der Waals surface area contributed by atoms with Crippen molar-refractivity contribution >= 4 is 0 Å². The Morgan fingerprint density at radius 3 is 2.63 bits per heavy atom. The Morgan fingerprint density at radius 2 is 2.05 bits per heavy atom. The van der Waals surface area contributed by atoms with E-state index >= 15 is 0 Å². The first-order chi connectivity index (χ1) is 9.02. The molecule has 1 N–H and O–H groups in total. The van der Waals surface area contributed by atoms with E-state index in [-0.39, 0.29) is 0 Å². The number of aromatic nitrogens is 1. The fourth-order valence-corrected chi connectivity index (χ4v) is 1.66. The van der Waals surface area contributed by atoms with Crippen LogP contribution in [0, 0.1) is 0 Å². The molecule has 0 spiro atoms. The van der Waals surface area contributed by atoms with E-state index in [4.69, 9.17) is 4.74 Å². The fraction of sp³-hybridized carbons (Fsp3) is 0.667. The number of likely N-dealkylation sites (N-methyl/N-ethyl adjacent to an activating group) is 1. The minimum atomic E-state index is 0.415.